The first-order chi connectivity index (χ1) is 14.5. The van der Waals surface area contributed by atoms with E-state index in [2.05, 4.69) is 21.0 Å². The van der Waals surface area contributed by atoms with Crippen LogP contribution in [0.1, 0.15) is 37.6 Å². The van der Waals surface area contributed by atoms with Gasteiger partial charge in [-0.1, -0.05) is 30.3 Å². The lowest BCUT2D eigenvalue weighted by atomic mass is 10.1. The van der Waals surface area contributed by atoms with Crippen molar-refractivity contribution in [3.8, 4) is 0 Å². The Balaban J connectivity index is 1.37. The van der Waals surface area contributed by atoms with Crippen molar-refractivity contribution in [3.05, 3.63) is 75.7 Å². The molecule has 1 aliphatic heterocycles. The van der Waals surface area contributed by atoms with Gasteiger partial charge >= 0.3 is 0 Å². The predicted molar refractivity (Wildman–Crippen MR) is 104 cm³/mol. The minimum Gasteiger partial charge on any atom is -0.274 e. The molecule has 0 fully saturated rings. The van der Waals surface area contributed by atoms with Gasteiger partial charge in [0.05, 0.1) is 16.5 Å². The summed E-state index contributed by atoms with van der Waals surface area (Å²) in [5.41, 5.74) is 4.52. The van der Waals surface area contributed by atoms with Crippen LogP contribution in [-0.4, -0.2) is 45.3 Å². The van der Waals surface area contributed by atoms with Crippen molar-refractivity contribution in [1.29, 1.82) is 0 Å². The molecule has 10 nitrogen and oxygen atoms in total. The molecule has 3 N–H and O–H groups in total. The highest BCUT2D eigenvalue weighted by molar-refractivity contribution is 6.21. The van der Waals surface area contributed by atoms with Crippen LogP contribution in [0, 0.1) is 0 Å². The molecule has 0 saturated heterocycles. The third-order valence-electron chi connectivity index (χ3n) is 4.67. The van der Waals surface area contributed by atoms with Crippen LogP contribution in [-0.2, 0) is 4.79 Å². The van der Waals surface area contributed by atoms with E-state index in [1.54, 1.807) is 48.5 Å². The van der Waals surface area contributed by atoms with E-state index in [1.807, 2.05) is 0 Å². The number of nitrogens with zero attached hydrogens (tertiary/aromatic N) is 2. The normalized spacial score (nSPS) is 12.7. The smallest absolute Gasteiger partial charge is 0.274 e. The zero-order valence-corrected chi connectivity index (χ0v) is 15.5. The minimum absolute atomic E-state index is 0.0640. The molecule has 3 aromatic rings. The van der Waals surface area contributed by atoms with Crippen LogP contribution in [0.25, 0.3) is 10.8 Å². The van der Waals surface area contributed by atoms with E-state index < -0.39 is 29.2 Å². The molecule has 4 amide bonds. The van der Waals surface area contributed by atoms with Crippen LogP contribution in [0.3, 0.4) is 0 Å². The van der Waals surface area contributed by atoms with Crippen LogP contribution in [0.4, 0.5) is 0 Å². The molecule has 10 heteroatoms. The van der Waals surface area contributed by atoms with Crippen molar-refractivity contribution in [2.24, 2.45) is 0 Å². The fourth-order valence-electron chi connectivity index (χ4n) is 3.19. The molecule has 2 heterocycles. The number of rotatable bonds is 4. The lowest BCUT2D eigenvalue weighted by Crippen LogP contribution is -2.43. The first-order valence-corrected chi connectivity index (χ1v) is 8.99. The molecule has 0 radical (unpaired) electrons. The van der Waals surface area contributed by atoms with Crippen molar-refractivity contribution in [1.82, 2.24) is 25.9 Å². The first-order valence-electron chi connectivity index (χ1n) is 8.99. The molecule has 0 saturated carbocycles. The van der Waals surface area contributed by atoms with E-state index in [1.165, 1.54) is 0 Å². The summed E-state index contributed by atoms with van der Waals surface area (Å²) in [4.78, 5) is 61.8. The fraction of sp³-hybridized carbons (Fsp3) is 0.100. The molecule has 150 valence electrons. The summed E-state index contributed by atoms with van der Waals surface area (Å²) in [7, 11) is 0. The largest absolute Gasteiger partial charge is 0.290 e. The maximum atomic E-state index is 12.4. The molecule has 1 aliphatic rings. The van der Waals surface area contributed by atoms with Gasteiger partial charge in [-0.25, -0.2) is 5.10 Å². The van der Waals surface area contributed by atoms with Gasteiger partial charge in [0.2, 0.25) is 5.91 Å². The number of H-pyrrole nitrogens is 1. The molecule has 1 aromatic heterocycles. The van der Waals surface area contributed by atoms with Crippen molar-refractivity contribution in [2.45, 2.75) is 6.42 Å². The SMILES string of the molecule is O=C(CCN1C(=O)c2ccccc2C1=O)NNC(=O)c1n[nH]c(=O)c2ccccc12. The van der Waals surface area contributed by atoms with Gasteiger partial charge in [-0.2, -0.15) is 5.10 Å². The molecular formula is C20H15N5O5. The number of benzene rings is 2. The van der Waals surface area contributed by atoms with E-state index in [4.69, 9.17) is 0 Å². The van der Waals surface area contributed by atoms with Crippen LogP contribution in [0.2, 0.25) is 0 Å². The average molecular weight is 405 g/mol. The van der Waals surface area contributed by atoms with Crippen LogP contribution >= 0.6 is 0 Å². The van der Waals surface area contributed by atoms with Gasteiger partial charge in [-0.3, -0.25) is 39.7 Å². The Morgan fingerprint density at radius 2 is 1.47 bits per heavy atom. The highest BCUT2D eigenvalue weighted by atomic mass is 16.2. The number of amides is 4. The molecule has 0 aliphatic carbocycles. The quantitative estimate of drug-likeness (QED) is 0.423. The standard InChI is InChI=1S/C20H15N5O5/c26-15(9-10-25-19(29)13-7-3-4-8-14(13)20(25)30)21-24-18(28)16-11-5-1-2-6-12(11)17(27)23-22-16/h1-8H,9-10H2,(H,21,26)(H,23,27)(H,24,28). The maximum Gasteiger partial charge on any atom is 0.290 e. The van der Waals surface area contributed by atoms with Crippen LogP contribution < -0.4 is 16.4 Å². The Bertz CT molecular complexity index is 1230. The van der Waals surface area contributed by atoms with Gasteiger partial charge in [0.15, 0.2) is 5.69 Å². The number of fused-ring (bicyclic) bond motifs is 2. The van der Waals surface area contributed by atoms with Crippen molar-refractivity contribution < 1.29 is 19.2 Å². The summed E-state index contributed by atoms with van der Waals surface area (Å²) in [6.07, 6.45) is -0.203. The average Bonchev–Trinajstić information content (AvgIpc) is 3.01. The summed E-state index contributed by atoms with van der Waals surface area (Å²) in [5.74, 6) is -2.25. The van der Waals surface area contributed by atoms with E-state index in [9.17, 15) is 24.0 Å². The molecule has 30 heavy (non-hydrogen) atoms. The molecule has 0 bridgehead atoms. The number of aromatic amines is 1. The van der Waals surface area contributed by atoms with Gasteiger partial charge in [0.25, 0.3) is 23.3 Å². The number of imide groups is 1. The van der Waals surface area contributed by atoms with Crippen LogP contribution in [0.5, 0.6) is 0 Å². The summed E-state index contributed by atoms with van der Waals surface area (Å²) >= 11 is 0. The predicted octanol–water partition coefficient (Wildman–Crippen LogP) is 0.370. The molecule has 0 atom stereocenters. The first kappa shape index (κ1) is 19.0. The Hall–Kier alpha value is -4.34. The Kier molecular flexibility index (Phi) is 4.80. The zero-order chi connectivity index (χ0) is 21.3. The summed E-state index contributed by atoms with van der Waals surface area (Å²) in [6, 6.07) is 12.8. The van der Waals surface area contributed by atoms with Crippen LogP contribution in [0.15, 0.2) is 53.3 Å². The summed E-state index contributed by atoms with van der Waals surface area (Å²) in [5, 5.41) is 6.59. The maximum absolute atomic E-state index is 12.4. The molecule has 0 spiro atoms. The Morgan fingerprint density at radius 1 is 0.867 bits per heavy atom. The number of hydrogen-bond acceptors (Lipinski definition) is 6. The second kappa shape index (κ2) is 7.59. The Labute approximate surface area is 168 Å². The van der Waals surface area contributed by atoms with Gasteiger partial charge in [-0.05, 0) is 18.2 Å². The summed E-state index contributed by atoms with van der Waals surface area (Å²) in [6.45, 7) is -0.131. The third kappa shape index (κ3) is 3.30. The number of hydrogen-bond donors (Lipinski definition) is 3. The molecule has 4 rings (SSSR count). The Morgan fingerprint density at radius 3 is 2.13 bits per heavy atom. The number of carbonyl (C=O) groups is 4. The van der Waals surface area contributed by atoms with Gasteiger partial charge < -0.3 is 0 Å². The lowest BCUT2D eigenvalue weighted by molar-refractivity contribution is -0.121. The number of carbonyl (C=O) groups excluding carboxylic acids is 4. The van der Waals surface area contributed by atoms with Crippen molar-refractivity contribution in [2.75, 3.05) is 6.54 Å². The topological polar surface area (TPSA) is 141 Å². The van der Waals surface area contributed by atoms with E-state index in [-0.39, 0.29) is 24.0 Å². The number of aromatic nitrogens is 2. The van der Waals surface area contributed by atoms with Gasteiger partial charge in [0.1, 0.15) is 0 Å². The van der Waals surface area contributed by atoms with Crippen molar-refractivity contribution >= 4 is 34.4 Å². The number of hydrazine groups is 1. The van der Waals surface area contributed by atoms with Gasteiger partial charge in [-0.15, -0.1) is 0 Å². The molecular weight excluding hydrogens is 390 g/mol. The summed E-state index contributed by atoms with van der Waals surface area (Å²) < 4.78 is 0. The van der Waals surface area contributed by atoms with E-state index in [0.717, 1.165) is 4.90 Å². The fourth-order valence-corrected chi connectivity index (χ4v) is 3.19. The van der Waals surface area contributed by atoms with Gasteiger partial charge in [0, 0.05) is 18.4 Å². The monoisotopic (exact) mass is 405 g/mol. The highest BCUT2D eigenvalue weighted by Gasteiger charge is 2.34. The minimum atomic E-state index is -0.725. The molecule has 2 aromatic carbocycles. The van der Waals surface area contributed by atoms with E-state index >= 15 is 0 Å². The second-order valence-electron chi connectivity index (χ2n) is 6.51. The third-order valence-corrected chi connectivity index (χ3v) is 4.67. The second-order valence-corrected chi connectivity index (χ2v) is 6.51. The van der Waals surface area contributed by atoms with Crippen molar-refractivity contribution in [3.63, 3.8) is 0 Å². The molecule has 0 unspecified atom stereocenters. The highest BCUT2D eigenvalue weighted by Crippen LogP contribution is 2.22. The van der Waals surface area contributed by atoms with E-state index in [0.29, 0.717) is 16.5 Å². The number of nitrogens with one attached hydrogen (secondary N) is 3. The zero-order valence-electron chi connectivity index (χ0n) is 15.5. The lowest BCUT2D eigenvalue weighted by Gasteiger charge is -2.13.